The lowest BCUT2D eigenvalue weighted by molar-refractivity contribution is 0.605. The van der Waals surface area contributed by atoms with Gasteiger partial charge >= 0.3 is 0 Å². The van der Waals surface area contributed by atoms with Gasteiger partial charge in [-0.05, 0) is 25.3 Å². The van der Waals surface area contributed by atoms with Gasteiger partial charge in [-0.15, -0.1) is 0 Å². The molecule has 0 amide bonds. The average Bonchev–Trinajstić information content (AvgIpc) is 2.59. The molecule has 1 heterocycles. The number of benzene rings is 1. The van der Waals surface area contributed by atoms with E-state index in [9.17, 15) is 4.79 Å². The third kappa shape index (κ3) is 5.84. The zero-order valence-electron chi connectivity index (χ0n) is 14.9. The summed E-state index contributed by atoms with van der Waals surface area (Å²) in [4.78, 5) is 19.7. The third-order valence-corrected chi connectivity index (χ3v) is 4.31. The molecular weight excluding hydrogens is 298 g/mol. The van der Waals surface area contributed by atoms with Gasteiger partial charge in [0.15, 0.2) is 0 Å². The van der Waals surface area contributed by atoms with Crippen molar-refractivity contribution < 1.29 is 0 Å². The van der Waals surface area contributed by atoms with Gasteiger partial charge in [0.2, 0.25) is 5.95 Å². The van der Waals surface area contributed by atoms with Gasteiger partial charge in [-0.2, -0.15) is 0 Å². The van der Waals surface area contributed by atoms with E-state index < -0.39 is 0 Å². The fourth-order valence-electron chi connectivity index (χ4n) is 2.85. The van der Waals surface area contributed by atoms with Crippen molar-refractivity contribution in [3.05, 3.63) is 57.5 Å². The molecule has 0 aliphatic rings. The van der Waals surface area contributed by atoms with Crippen LogP contribution in [0.3, 0.4) is 0 Å². The van der Waals surface area contributed by atoms with Crippen LogP contribution in [0.15, 0.2) is 35.1 Å². The van der Waals surface area contributed by atoms with E-state index in [1.165, 1.54) is 32.1 Å². The van der Waals surface area contributed by atoms with Gasteiger partial charge in [0.1, 0.15) is 0 Å². The molecule has 0 atom stereocenters. The number of nitrogens with zero attached hydrogens (tertiary/aromatic N) is 1. The lowest BCUT2D eigenvalue weighted by Gasteiger charge is -2.09. The van der Waals surface area contributed by atoms with Crippen molar-refractivity contribution in [1.29, 1.82) is 0 Å². The number of aromatic nitrogens is 2. The van der Waals surface area contributed by atoms with Gasteiger partial charge in [-0.1, -0.05) is 69.4 Å². The number of rotatable bonds is 10. The first-order valence-electron chi connectivity index (χ1n) is 9.08. The van der Waals surface area contributed by atoms with E-state index in [-0.39, 0.29) is 5.56 Å². The maximum Gasteiger partial charge on any atom is 0.255 e. The van der Waals surface area contributed by atoms with Gasteiger partial charge in [-0.3, -0.25) is 9.78 Å². The molecule has 0 aliphatic carbocycles. The maximum absolute atomic E-state index is 12.3. The molecule has 0 fully saturated rings. The minimum atomic E-state index is -0.00776. The lowest BCUT2D eigenvalue weighted by atomic mass is 10.1. The second kappa shape index (κ2) is 9.91. The fraction of sp³-hybridized carbons (Fsp3) is 0.500. The number of aromatic amines is 1. The molecule has 2 aromatic rings. The molecule has 2 N–H and O–H groups in total. The van der Waals surface area contributed by atoms with E-state index in [1.54, 1.807) is 0 Å². The average molecular weight is 327 g/mol. The highest BCUT2D eigenvalue weighted by Crippen LogP contribution is 2.11. The van der Waals surface area contributed by atoms with E-state index in [4.69, 9.17) is 0 Å². The summed E-state index contributed by atoms with van der Waals surface area (Å²) < 4.78 is 0. The molecule has 24 heavy (non-hydrogen) atoms. The first-order chi connectivity index (χ1) is 11.7. The molecule has 0 bridgehead atoms. The van der Waals surface area contributed by atoms with Crippen molar-refractivity contribution in [3.8, 4) is 0 Å². The standard InChI is InChI=1S/C20H29N3O/c1-3-4-5-6-7-11-14-18-16(2)22-20(23-19(18)24)21-15-17-12-9-8-10-13-17/h8-10,12-13H,3-7,11,14-15H2,1-2H3,(H2,21,22,23,24). The van der Waals surface area contributed by atoms with Gasteiger partial charge in [0, 0.05) is 17.8 Å². The van der Waals surface area contributed by atoms with Gasteiger partial charge < -0.3 is 5.32 Å². The Morgan fingerprint density at radius 2 is 1.75 bits per heavy atom. The summed E-state index contributed by atoms with van der Waals surface area (Å²) in [7, 11) is 0. The summed E-state index contributed by atoms with van der Waals surface area (Å²) in [5, 5.41) is 3.19. The van der Waals surface area contributed by atoms with Crippen LogP contribution in [0.1, 0.15) is 62.3 Å². The molecule has 130 valence electrons. The first-order valence-corrected chi connectivity index (χ1v) is 9.08. The van der Waals surface area contributed by atoms with E-state index in [2.05, 4.69) is 22.2 Å². The van der Waals surface area contributed by atoms with E-state index >= 15 is 0 Å². The Morgan fingerprint density at radius 3 is 2.46 bits per heavy atom. The topological polar surface area (TPSA) is 57.8 Å². The number of unbranched alkanes of at least 4 members (excludes halogenated alkanes) is 5. The van der Waals surface area contributed by atoms with Crippen molar-refractivity contribution >= 4 is 5.95 Å². The largest absolute Gasteiger partial charge is 0.352 e. The molecule has 1 aromatic carbocycles. The van der Waals surface area contributed by atoms with Gasteiger partial charge in [0.05, 0.1) is 0 Å². The van der Waals surface area contributed by atoms with Crippen molar-refractivity contribution in [2.75, 3.05) is 5.32 Å². The second-order valence-electron chi connectivity index (χ2n) is 6.34. The molecule has 2 rings (SSSR count). The van der Waals surface area contributed by atoms with Crippen LogP contribution in [0, 0.1) is 6.92 Å². The number of nitrogens with one attached hydrogen (secondary N) is 2. The van der Waals surface area contributed by atoms with Crippen LogP contribution in [-0.4, -0.2) is 9.97 Å². The maximum atomic E-state index is 12.3. The highest BCUT2D eigenvalue weighted by Gasteiger charge is 2.08. The zero-order valence-corrected chi connectivity index (χ0v) is 14.9. The van der Waals surface area contributed by atoms with Crippen LogP contribution in [0.5, 0.6) is 0 Å². The quantitative estimate of drug-likeness (QED) is 0.627. The van der Waals surface area contributed by atoms with Crippen molar-refractivity contribution in [3.63, 3.8) is 0 Å². The van der Waals surface area contributed by atoms with Crippen LogP contribution in [-0.2, 0) is 13.0 Å². The Balaban J connectivity index is 1.87. The Hall–Kier alpha value is -2.10. The summed E-state index contributed by atoms with van der Waals surface area (Å²) >= 11 is 0. The first kappa shape index (κ1) is 18.2. The number of hydrogen-bond acceptors (Lipinski definition) is 3. The zero-order chi connectivity index (χ0) is 17.2. The molecular formula is C20H29N3O. The minimum absolute atomic E-state index is 0.00776. The molecule has 1 aromatic heterocycles. The van der Waals surface area contributed by atoms with Crippen LogP contribution in [0.4, 0.5) is 5.95 Å². The van der Waals surface area contributed by atoms with Crippen LogP contribution in [0.2, 0.25) is 0 Å². The number of H-pyrrole nitrogens is 1. The third-order valence-electron chi connectivity index (χ3n) is 4.31. The summed E-state index contributed by atoms with van der Waals surface area (Å²) in [6, 6.07) is 10.1. The van der Waals surface area contributed by atoms with Gasteiger partial charge in [-0.25, -0.2) is 4.98 Å². The molecule has 0 aliphatic heterocycles. The normalized spacial score (nSPS) is 10.8. The fourth-order valence-corrected chi connectivity index (χ4v) is 2.85. The SMILES string of the molecule is CCCCCCCCc1c(C)nc(NCc2ccccc2)[nH]c1=O. The smallest absolute Gasteiger partial charge is 0.255 e. The van der Waals surface area contributed by atoms with Crippen LogP contribution in [0.25, 0.3) is 0 Å². The summed E-state index contributed by atoms with van der Waals surface area (Å²) in [6.45, 7) is 4.80. The van der Waals surface area contributed by atoms with Crippen molar-refractivity contribution in [1.82, 2.24) is 9.97 Å². The molecule has 0 spiro atoms. The Morgan fingerprint density at radius 1 is 1.04 bits per heavy atom. The van der Waals surface area contributed by atoms with E-state index in [0.29, 0.717) is 12.5 Å². The Kier molecular flexibility index (Phi) is 7.53. The molecule has 0 radical (unpaired) electrons. The van der Waals surface area contributed by atoms with Crippen LogP contribution < -0.4 is 10.9 Å². The monoisotopic (exact) mass is 327 g/mol. The van der Waals surface area contributed by atoms with Gasteiger partial charge in [0.25, 0.3) is 5.56 Å². The number of anilines is 1. The molecule has 0 saturated carbocycles. The summed E-state index contributed by atoms with van der Waals surface area (Å²) in [6.07, 6.45) is 8.20. The molecule has 0 unspecified atom stereocenters. The van der Waals surface area contributed by atoms with Crippen molar-refractivity contribution in [2.24, 2.45) is 0 Å². The summed E-state index contributed by atoms with van der Waals surface area (Å²) in [5.41, 5.74) is 2.82. The molecule has 4 nitrogen and oxygen atoms in total. The Bertz CT molecular complexity index is 664. The predicted octanol–water partition coefficient (Wildman–Crippen LogP) is 4.59. The number of aryl methyl sites for hydroxylation is 1. The van der Waals surface area contributed by atoms with E-state index in [1.807, 2.05) is 37.3 Å². The second-order valence-corrected chi connectivity index (χ2v) is 6.34. The predicted molar refractivity (Wildman–Crippen MR) is 100 cm³/mol. The van der Waals surface area contributed by atoms with E-state index in [0.717, 1.165) is 29.7 Å². The molecule has 4 heteroatoms. The lowest BCUT2D eigenvalue weighted by Crippen LogP contribution is -2.19. The highest BCUT2D eigenvalue weighted by molar-refractivity contribution is 5.31. The minimum Gasteiger partial charge on any atom is -0.352 e. The number of hydrogen-bond donors (Lipinski definition) is 2. The Labute approximate surface area is 144 Å². The molecule has 0 saturated heterocycles. The summed E-state index contributed by atoms with van der Waals surface area (Å²) in [5.74, 6) is 0.549. The van der Waals surface area contributed by atoms with Crippen molar-refractivity contribution in [2.45, 2.75) is 65.3 Å². The highest BCUT2D eigenvalue weighted by atomic mass is 16.1. The van der Waals surface area contributed by atoms with Crippen LogP contribution >= 0.6 is 0 Å².